The van der Waals surface area contributed by atoms with Crippen LogP contribution in [0.2, 0.25) is 0 Å². The minimum Gasteiger partial charge on any atom is -0.493 e. The summed E-state index contributed by atoms with van der Waals surface area (Å²) in [4.78, 5) is 16.8. The Bertz CT molecular complexity index is 1170. The number of aryl methyl sites for hydroxylation is 1. The van der Waals surface area contributed by atoms with Gasteiger partial charge in [0.25, 0.3) is 0 Å². The number of sulfone groups is 1. The van der Waals surface area contributed by atoms with Crippen molar-refractivity contribution < 1.29 is 26.4 Å². The Labute approximate surface area is 195 Å². The zero-order valence-corrected chi connectivity index (χ0v) is 20.4. The van der Waals surface area contributed by atoms with Gasteiger partial charge in [0.1, 0.15) is 18.2 Å². The van der Waals surface area contributed by atoms with Gasteiger partial charge in [0.15, 0.2) is 9.84 Å². The van der Waals surface area contributed by atoms with Gasteiger partial charge in [0.2, 0.25) is 15.9 Å². The van der Waals surface area contributed by atoms with Crippen molar-refractivity contribution in [1.82, 2.24) is 9.29 Å². The lowest BCUT2D eigenvalue weighted by molar-refractivity contribution is -0.120. The van der Waals surface area contributed by atoms with E-state index in [-0.39, 0.29) is 47.9 Å². The van der Waals surface area contributed by atoms with Gasteiger partial charge in [-0.2, -0.15) is 4.31 Å². The van der Waals surface area contributed by atoms with Crippen LogP contribution < -0.4 is 10.1 Å². The van der Waals surface area contributed by atoms with E-state index >= 15 is 0 Å². The molecule has 180 valence electrons. The molecule has 9 nitrogen and oxygen atoms in total. The number of aromatic nitrogens is 1. The number of hydrogen-bond donors (Lipinski definition) is 1. The average Bonchev–Trinajstić information content (AvgIpc) is 2.79. The standard InChI is InChI=1S/C22H29N3O6S2/c1-3-32(27,28)15-14-31-19-4-6-20(7-5-19)33(29,30)25-12-9-18(10-13-25)22(26)24-21-16-17(2)8-11-23-21/h4-8,11,16,18H,3,9-10,12-15H2,1-2H3,(H,23,24,26). The van der Waals surface area contributed by atoms with Crippen LogP contribution in [0.25, 0.3) is 0 Å². The van der Waals surface area contributed by atoms with E-state index in [0.29, 0.717) is 24.4 Å². The van der Waals surface area contributed by atoms with E-state index in [1.54, 1.807) is 19.2 Å². The molecule has 0 radical (unpaired) electrons. The highest BCUT2D eigenvalue weighted by atomic mass is 32.2. The number of carbonyl (C=O) groups excluding carboxylic acids is 1. The molecular weight excluding hydrogens is 466 g/mol. The Morgan fingerprint density at radius 3 is 2.39 bits per heavy atom. The highest BCUT2D eigenvalue weighted by molar-refractivity contribution is 7.91. The molecule has 1 fully saturated rings. The highest BCUT2D eigenvalue weighted by Gasteiger charge is 2.32. The lowest BCUT2D eigenvalue weighted by Crippen LogP contribution is -2.41. The molecule has 33 heavy (non-hydrogen) atoms. The molecule has 0 saturated carbocycles. The molecule has 1 N–H and O–H groups in total. The Kier molecular flexibility index (Phi) is 8.09. The third-order valence-corrected chi connectivity index (χ3v) is 9.14. The Morgan fingerprint density at radius 2 is 1.79 bits per heavy atom. The van der Waals surface area contributed by atoms with Crippen LogP contribution in [-0.4, -0.2) is 63.2 Å². The van der Waals surface area contributed by atoms with Gasteiger partial charge >= 0.3 is 0 Å². The van der Waals surface area contributed by atoms with Gasteiger partial charge in [-0.3, -0.25) is 4.79 Å². The maximum Gasteiger partial charge on any atom is 0.243 e. The molecule has 1 aliphatic heterocycles. The second kappa shape index (κ2) is 10.6. The van der Waals surface area contributed by atoms with E-state index < -0.39 is 19.9 Å². The second-order valence-corrected chi connectivity index (χ2v) is 12.4. The number of nitrogens with one attached hydrogen (secondary N) is 1. The van der Waals surface area contributed by atoms with Crippen molar-refractivity contribution in [3.63, 3.8) is 0 Å². The monoisotopic (exact) mass is 495 g/mol. The van der Waals surface area contributed by atoms with E-state index in [9.17, 15) is 21.6 Å². The lowest BCUT2D eigenvalue weighted by Gasteiger charge is -2.30. The SMILES string of the molecule is CCS(=O)(=O)CCOc1ccc(S(=O)(=O)N2CCC(C(=O)Nc3cc(C)ccn3)CC2)cc1. The molecule has 1 amide bonds. The summed E-state index contributed by atoms with van der Waals surface area (Å²) in [7, 11) is -6.83. The molecule has 1 saturated heterocycles. The van der Waals surface area contributed by atoms with Gasteiger partial charge in [-0.1, -0.05) is 6.92 Å². The van der Waals surface area contributed by atoms with Gasteiger partial charge in [0, 0.05) is 31.0 Å². The van der Waals surface area contributed by atoms with Crippen molar-refractivity contribution in [2.24, 2.45) is 5.92 Å². The molecule has 11 heteroatoms. The zero-order valence-electron chi connectivity index (χ0n) is 18.7. The van der Waals surface area contributed by atoms with Crippen molar-refractivity contribution >= 4 is 31.6 Å². The van der Waals surface area contributed by atoms with Gasteiger partial charge in [-0.05, 0) is 61.7 Å². The first-order valence-electron chi connectivity index (χ1n) is 10.8. The topological polar surface area (TPSA) is 123 Å². The van der Waals surface area contributed by atoms with E-state index in [4.69, 9.17) is 4.74 Å². The fourth-order valence-corrected chi connectivity index (χ4v) is 5.57. The van der Waals surface area contributed by atoms with Crippen LogP contribution >= 0.6 is 0 Å². The Hall–Kier alpha value is -2.50. The summed E-state index contributed by atoms with van der Waals surface area (Å²) in [6, 6.07) is 9.55. The number of amides is 1. The van der Waals surface area contributed by atoms with Crippen LogP contribution in [-0.2, 0) is 24.7 Å². The normalized spacial score (nSPS) is 15.8. The average molecular weight is 496 g/mol. The summed E-state index contributed by atoms with van der Waals surface area (Å²) in [6.07, 6.45) is 2.47. The predicted molar refractivity (Wildman–Crippen MR) is 125 cm³/mol. The Balaban J connectivity index is 1.54. The third kappa shape index (κ3) is 6.75. The number of rotatable bonds is 9. The summed E-state index contributed by atoms with van der Waals surface area (Å²) in [5, 5.41) is 2.80. The molecule has 1 aromatic heterocycles. The zero-order chi connectivity index (χ0) is 24.1. The van der Waals surface area contributed by atoms with Crippen LogP contribution in [0, 0.1) is 12.8 Å². The molecule has 0 bridgehead atoms. The predicted octanol–water partition coefficient (Wildman–Crippen LogP) is 2.24. The molecule has 2 aromatic rings. The van der Waals surface area contributed by atoms with E-state index in [0.717, 1.165) is 5.56 Å². The van der Waals surface area contributed by atoms with Crippen LogP contribution in [0.4, 0.5) is 5.82 Å². The molecule has 2 heterocycles. The minimum atomic E-state index is -3.70. The molecule has 0 spiro atoms. The van der Waals surface area contributed by atoms with Gasteiger partial charge in [0.05, 0.1) is 10.6 Å². The lowest BCUT2D eigenvalue weighted by atomic mass is 9.97. The number of sulfonamides is 1. The largest absolute Gasteiger partial charge is 0.493 e. The first-order valence-corrected chi connectivity index (χ1v) is 14.0. The highest BCUT2D eigenvalue weighted by Crippen LogP contribution is 2.26. The number of benzene rings is 1. The maximum atomic E-state index is 13.0. The smallest absolute Gasteiger partial charge is 0.243 e. The first kappa shape index (κ1) is 25.1. The number of hydrogen-bond acceptors (Lipinski definition) is 7. The first-order chi connectivity index (χ1) is 15.6. The van der Waals surface area contributed by atoms with Crippen LogP contribution in [0.5, 0.6) is 5.75 Å². The van der Waals surface area contributed by atoms with Gasteiger partial charge in [-0.25, -0.2) is 21.8 Å². The van der Waals surface area contributed by atoms with Crippen LogP contribution in [0.1, 0.15) is 25.3 Å². The molecule has 0 unspecified atom stereocenters. The number of anilines is 1. The fourth-order valence-electron chi connectivity index (χ4n) is 3.48. The van der Waals surface area contributed by atoms with E-state index in [1.165, 1.54) is 28.6 Å². The van der Waals surface area contributed by atoms with E-state index in [1.807, 2.05) is 13.0 Å². The summed E-state index contributed by atoms with van der Waals surface area (Å²) >= 11 is 0. The third-order valence-electron chi connectivity index (χ3n) is 5.56. The summed E-state index contributed by atoms with van der Waals surface area (Å²) in [5.74, 6) is 0.413. The molecule has 1 aliphatic rings. The molecule has 0 aliphatic carbocycles. The van der Waals surface area contributed by atoms with Crippen molar-refractivity contribution in [3.8, 4) is 5.75 Å². The van der Waals surface area contributed by atoms with Crippen molar-refractivity contribution in [2.45, 2.75) is 31.6 Å². The minimum absolute atomic E-state index is 0.00984. The number of carbonyl (C=O) groups is 1. The molecule has 1 aromatic carbocycles. The van der Waals surface area contributed by atoms with Crippen molar-refractivity contribution in [2.75, 3.05) is 36.5 Å². The van der Waals surface area contributed by atoms with Crippen LogP contribution in [0.15, 0.2) is 47.5 Å². The summed E-state index contributed by atoms with van der Waals surface area (Å²) in [6.45, 7) is 3.99. The quantitative estimate of drug-likeness (QED) is 0.566. The molecular formula is C22H29N3O6S2. The van der Waals surface area contributed by atoms with E-state index in [2.05, 4.69) is 10.3 Å². The molecule has 3 rings (SSSR count). The number of pyridine rings is 1. The van der Waals surface area contributed by atoms with Crippen LogP contribution in [0.3, 0.4) is 0 Å². The van der Waals surface area contributed by atoms with Gasteiger partial charge in [-0.15, -0.1) is 0 Å². The maximum absolute atomic E-state index is 13.0. The second-order valence-electron chi connectivity index (χ2n) is 7.94. The molecule has 0 atom stereocenters. The summed E-state index contributed by atoms with van der Waals surface area (Å²) in [5.41, 5.74) is 0.989. The van der Waals surface area contributed by atoms with Crippen molar-refractivity contribution in [1.29, 1.82) is 0 Å². The number of piperidine rings is 1. The summed E-state index contributed by atoms with van der Waals surface area (Å²) < 4.78 is 55.8. The fraction of sp³-hybridized carbons (Fsp3) is 0.455. The van der Waals surface area contributed by atoms with Crippen molar-refractivity contribution in [3.05, 3.63) is 48.2 Å². The number of ether oxygens (including phenoxy) is 1. The Morgan fingerprint density at radius 1 is 1.12 bits per heavy atom. The van der Waals surface area contributed by atoms with Gasteiger partial charge < -0.3 is 10.1 Å². The number of nitrogens with zero attached hydrogens (tertiary/aromatic N) is 2.